The molecule has 0 atom stereocenters. The van der Waals surface area contributed by atoms with Gasteiger partial charge in [0.05, 0.1) is 225 Å². The lowest BCUT2D eigenvalue weighted by Crippen LogP contribution is -2.16. The van der Waals surface area contributed by atoms with Crippen molar-refractivity contribution in [2.75, 3.05) is 238 Å². The molecule has 0 aromatic rings. The van der Waals surface area contributed by atoms with Crippen molar-refractivity contribution in [1.82, 2.24) is 0 Å². The molecule has 0 aliphatic rings. The molecule has 0 aromatic carbocycles. The lowest BCUT2D eigenvalue weighted by Gasteiger charge is -2.09. The highest BCUT2D eigenvalue weighted by atomic mass is 16.6. The van der Waals surface area contributed by atoms with Gasteiger partial charge in [0.15, 0.2) is 0 Å². The number of hydrogen-bond acceptors (Lipinski definition) is 19. The van der Waals surface area contributed by atoms with Gasteiger partial charge in [-0.2, -0.15) is 0 Å². The molecule has 0 amide bonds. The van der Waals surface area contributed by atoms with E-state index < -0.39 is 0 Å². The molecule has 0 unspecified atom stereocenters. The van der Waals surface area contributed by atoms with Gasteiger partial charge in [0.2, 0.25) is 0 Å². The van der Waals surface area contributed by atoms with Crippen LogP contribution in [0.4, 0.5) is 0 Å². The Balaban J connectivity index is 3.06. The van der Waals surface area contributed by atoms with E-state index in [0.29, 0.717) is 238 Å². The third-order valence-corrected chi connectivity index (χ3v) is 6.61. The zero-order chi connectivity index (χ0) is 40.9. The first-order chi connectivity index (χ1) is 28.4. The molecular formula is C36H74N4O17. The average molecular weight is 835 g/mol. The number of nitrogens with two attached hydrogens (primary N) is 1. The fraction of sp³-hybridized carbons (Fsp3) is 1.00. The second-order valence-corrected chi connectivity index (χ2v) is 11.2. The molecule has 21 heteroatoms. The first-order valence-corrected chi connectivity index (χ1v) is 19.9. The minimum Gasteiger partial charge on any atom is -0.379 e. The van der Waals surface area contributed by atoms with Crippen LogP contribution >= 0.6 is 0 Å². The molecule has 0 rings (SSSR count). The summed E-state index contributed by atoms with van der Waals surface area (Å²) < 4.78 is 92.3. The molecule has 0 fully saturated rings. The fourth-order valence-corrected chi connectivity index (χ4v) is 3.85. The van der Waals surface area contributed by atoms with Crippen LogP contribution < -0.4 is 5.73 Å². The summed E-state index contributed by atoms with van der Waals surface area (Å²) in [5.41, 5.74) is 13.5. The van der Waals surface area contributed by atoms with Crippen molar-refractivity contribution in [2.45, 2.75) is 0 Å². The predicted octanol–water partition coefficient (Wildman–Crippen LogP) is 0.538. The molecule has 0 radical (unpaired) electrons. The molecular weight excluding hydrogens is 760 g/mol. The van der Waals surface area contributed by atoms with Crippen molar-refractivity contribution >= 4 is 0 Å². The Hall–Kier alpha value is -1.41. The Morgan fingerprint density at radius 1 is 0.246 bits per heavy atom. The van der Waals surface area contributed by atoms with E-state index in [1.165, 1.54) is 0 Å². The van der Waals surface area contributed by atoms with E-state index >= 15 is 0 Å². The topological polar surface area (TPSA) is 232 Å². The second-order valence-electron chi connectivity index (χ2n) is 11.2. The van der Waals surface area contributed by atoms with Gasteiger partial charge in [0.25, 0.3) is 0 Å². The highest BCUT2D eigenvalue weighted by Crippen LogP contribution is 1.89. The maximum absolute atomic E-state index is 8.15. The van der Waals surface area contributed by atoms with E-state index in [9.17, 15) is 0 Å². The van der Waals surface area contributed by atoms with Gasteiger partial charge in [-0.15, -0.1) is 0 Å². The van der Waals surface area contributed by atoms with Gasteiger partial charge >= 0.3 is 0 Å². The van der Waals surface area contributed by atoms with Crippen molar-refractivity contribution < 1.29 is 80.5 Å². The molecule has 0 spiro atoms. The number of ether oxygens (including phenoxy) is 17. The molecule has 0 bridgehead atoms. The number of hydrogen-bond donors (Lipinski definition) is 1. The largest absolute Gasteiger partial charge is 0.379 e. The van der Waals surface area contributed by atoms with E-state index in [4.69, 9.17) is 91.8 Å². The highest BCUT2D eigenvalue weighted by molar-refractivity contribution is 4.45. The Morgan fingerprint density at radius 2 is 0.386 bits per heavy atom. The van der Waals surface area contributed by atoms with E-state index in [1.807, 2.05) is 0 Å². The van der Waals surface area contributed by atoms with Crippen LogP contribution in [0.1, 0.15) is 0 Å². The third-order valence-electron chi connectivity index (χ3n) is 6.61. The summed E-state index contributed by atoms with van der Waals surface area (Å²) in [6, 6.07) is 0. The van der Waals surface area contributed by atoms with Crippen LogP contribution in [0.2, 0.25) is 0 Å². The Morgan fingerprint density at radius 3 is 0.526 bits per heavy atom. The van der Waals surface area contributed by atoms with Gasteiger partial charge < -0.3 is 86.3 Å². The average Bonchev–Trinajstić information content (AvgIpc) is 3.22. The summed E-state index contributed by atoms with van der Waals surface area (Å²) in [4.78, 5) is 2.65. The smallest absolute Gasteiger partial charge is 0.0701 e. The fourth-order valence-electron chi connectivity index (χ4n) is 3.85. The summed E-state index contributed by atoms with van der Waals surface area (Å²) in [6.07, 6.45) is 0. The third kappa shape index (κ3) is 54.6. The molecule has 0 heterocycles. The SMILES string of the molecule is [N-]=[N+]=NCCOCCOCCOCCOCCOCCOCCOCCOCCOCCOCCOCCOCCOCCOCCOCCOCCOCCN. The molecule has 0 aromatic heterocycles. The van der Waals surface area contributed by atoms with Gasteiger partial charge in [0, 0.05) is 18.0 Å². The predicted molar refractivity (Wildman–Crippen MR) is 207 cm³/mol. The zero-order valence-corrected chi connectivity index (χ0v) is 34.3. The standard InChI is InChI=1S/C36H74N4O17/c37-1-3-41-5-7-43-9-11-45-13-15-47-17-19-49-21-23-51-25-27-53-29-31-55-33-35-57-36-34-56-32-30-54-28-26-52-24-22-50-20-18-48-16-14-46-12-10-44-8-6-42-4-2-39-40-38/h1-37H2. The molecule has 2 N–H and O–H groups in total. The minimum absolute atomic E-state index is 0.323. The van der Waals surface area contributed by atoms with E-state index in [1.54, 1.807) is 0 Å². The molecule has 21 nitrogen and oxygen atoms in total. The zero-order valence-electron chi connectivity index (χ0n) is 34.3. The van der Waals surface area contributed by atoms with Gasteiger partial charge in [-0.3, -0.25) is 0 Å². The van der Waals surface area contributed by atoms with Gasteiger partial charge in [-0.05, 0) is 5.53 Å². The molecule has 57 heavy (non-hydrogen) atoms. The minimum atomic E-state index is 0.323. The van der Waals surface area contributed by atoms with Crippen LogP contribution in [-0.2, 0) is 80.5 Å². The lowest BCUT2D eigenvalue weighted by atomic mass is 10.6. The quantitative estimate of drug-likeness (QED) is 0.0381. The van der Waals surface area contributed by atoms with Crippen LogP contribution in [-0.4, -0.2) is 238 Å². The van der Waals surface area contributed by atoms with Crippen molar-refractivity contribution in [3.05, 3.63) is 10.4 Å². The van der Waals surface area contributed by atoms with E-state index in [2.05, 4.69) is 10.0 Å². The van der Waals surface area contributed by atoms with Crippen LogP contribution in [0, 0.1) is 0 Å². The number of rotatable bonds is 53. The lowest BCUT2D eigenvalue weighted by molar-refractivity contribution is -0.0306. The summed E-state index contributed by atoms with van der Waals surface area (Å²) in [6.45, 7) is 17.7. The molecule has 0 saturated heterocycles. The molecule has 0 saturated carbocycles. The van der Waals surface area contributed by atoms with Crippen LogP contribution in [0.15, 0.2) is 5.11 Å². The number of nitrogens with zero attached hydrogens (tertiary/aromatic N) is 3. The van der Waals surface area contributed by atoms with Crippen molar-refractivity contribution in [1.29, 1.82) is 0 Å². The normalized spacial score (nSPS) is 11.5. The maximum Gasteiger partial charge on any atom is 0.0701 e. The molecule has 0 aliphatic heterocycles. The summed E-state index contributed by atoms with van der Waals surface area (Å²) in [5.74, 6) is 0. The van der Waals surface area contributed by atoms with Gasteiger partial charge in [0.1, 0.15) is 0 Å². The van der Waals surface area contributed by atoms with Crippen molar-refractivity contribution in [3.63, 3.8) is 0 Å². The molecule has 0 aliphatic carbocycles. The molecule has 340 valence electrons. The van der Waals surface area contributed by atoms with Gasteiger partial charge in [-0.1, -0.05) is 5.11 Å². The Labute approximate surface area is 339 Å². The van der Waals surface area contributed by atoms with E-state index in [0.717, 1.165) is 0 Å². The summed E-state index contributed by atoms with van der Waals surface area (Å²) >= 11 is 0. The van der Waals surface area contributed by atoms with Crippen molar-refractivity contribution in [3.8, 4) is 0 Å². The highest BCUT2D eigenvalue weighted by Gasteiger charge is 1.98. The van der Waals surface area contributed by atoms with Crippen LogP contribution in [0.5, 0.6) is 0 Å². The van der Waals surface area contributed by atoms with E-state index in [-0.39, 0.29) is 0 Å². The first kappa shape index (κ1) is 55.6. The van der Waals surface area contributed by atoms with Crippen LogP contribution in [0.3, 0.4) is 0 Å². The maximum atomic E-state index is 8.15. The number of azide groups is 1. The van der Waals surface area contributed by atoms with Gasteiger partial charge in [-0.25, -0.2) is 0 Å². The Kier molecular flexibility index (Phi) is 53.2. The Bertz CT molecular complexity index is 782. The first-order valence-electron chi connectivity index (χ1n) is 19.9. The van der Waals surface area contributed by atoms with Crippen LogP contribution in [0.25, 0.3) is 10.4 Å². The summed E-state index contributed by atoms with van der Waals surface area (Å²) in [7, 11) is 0. The second kappa shape index (κ2) is 54.6. The monoisotopic (exact) mass is 835 g/mol. The van der Waals surface area contributed by atoms with Crippen molar-refractivity contribution in [2.24, 2.45) is 10.8 Å². The summed E-state index contributed by atoms with van der Waals surface area (Å²) in [5, 5.41) is 3.38.